The predicted octanol–water partition coefficient (Wildman–Crippen LogP) is 0.755. The summed E-state index contributed by atoms with van der Waals surface area (Å²) >= 11 is 1.67. The highest BCUT2D eigenvalue weighted by Gasteiger charge is 2.57. The summed E-state index contributed by atoms with van der Waals surface area (Å²) in [5.41, 5.74) is -0.415. The molecule has 7 heteroatoms. The summed E-state index contributed by atoms with van der Waals surface area (Å²) in [4.78, 5) is 25.0. The molecule has 3 saturated heterocycles. The van der Waals surface area contributed by atoms with Gasteiger partial charge in [-0.15, -0.1) is 11.3 Å². The minimum atomic E-state index is -0.415. The Morgan fingerprint density at radius 1 is 1.57 bits per heavy atom. The van der Waals surface area contributed by atoms with Crippen LogP contribution >= 0.6 is 11.3 Å². The number of hydrogen-bond acceptors (Lipinski definition) is 6. The summed E-state index contributed by atoms with van der Waals surface area (Å²) in [6.07, 6.45) is 2.76. The molecule has 3 aliphatic heterocycles. The van der Waals surface area contributed by atoms with Crippen molar-refractivity contribution in [2.45, 2.75) is 13.0 Å². The zero-order chi connectivity index (χ0) is 14.3. The van der Waals surface area contributed by atoms with Crippen LogP contribution in [0.3, 0.4) is 0 Å². The lowest BCUT2D eigenvalue weighted by Crippen LogP contribution is -2.47. The maximum absolute atomic E-state index is 12.9. The van der Waals surface area contributed by atoms with Gasteiger partial charge >= 0.3 is 0 Å². The molecule has 2 atom stereocenters. The molecule has 0 bridgehead atoms. The van der Waals surface area contributed by atoms with Crippen LogP contribution < -0.4 is 0 Å². The summed E-state index contributed by atoms with van der Waals surface area (Å²) in [5.74, 6) is 0.387. The molecule has 21 heavy (non-hydrogen) atoms. The number of fused-ring (bicyclic) bond motifs is 1. The Kier molecular flexibility index (Phi) is 3.45. The van der Waals surface area contributed by atoms with E-state index in [-0.39, 0.29) is 11.8 Å². The molecular formula is C14H19N3O3S. The third-order valence-electron chi connectivity index (χ3n) is 4.69. The molecule has 0 spiro atoms. The number of aromatic nitrogens is 1. The monoisotopic (exact) mass is 309 g/mol. The number of rotatable bonds is 3. The summed E-state index contributed by atoms with van der Waals surface area (Å²) in [7, 11) is 0. The first-order chi connectivity index (χ1) is 10.3. The van der Waals surface area contributed by atoms with E-state index in [2.05, 4.69) is 9.88 Å². The number of amides is 1. The minimum absolute atomic E-state index is 0.115. The predicted molar refractivity (Wildman–Crippen MR) is 76.4 cm³/mol. The van der Waals surface area contributed by atoms with E-state index in [9.17, 15) is 4.79 Å². The van der Waals surface area contributed by atoms with E-state index >= 15 is 0 Å². The normalized spacial score (nSPS) is 32.8. The Hall–Kier alpha value is -1.02. The number of carbonyl (C=O) groups excluding carboxylic acids is 1. The van der Waals surface area contributed by atoms with Gasteiger partial charge in [-0.25, -0.2) is 10.0 Å². The van der Waals surface area contributed by atoms with E-state index in [1.54, 1.807) is 16.4 Å². The largest absolute Gasteiger partial charge is 0.380 e. The van der Waals surface area contributed by atoms with E-state index in [0.717, 1.165) is 31.1 Å². The molecule has 1 aromatic heterocycles. The molecule has 4 heterocycles. The molecule has 0 N–H and O–H groups in total. The van der Waals surface area contributed by atoms with Gasteiger partial charge in [-0.3, -0.25) is 14.5 Å². The van der Waals surface area contributed by atoms with Crippen LogP contribution in [-0.4, -0.2) is 60.3 Å². The van der Waals surface area contributed by atoms with Crippen LogP contribution in [0.25, 0.3) is 0 Å². The zero-order valence-corrected chi connectivity index (χ0v) is 12.7. The molecule has 6 nitrogen and oxygen atoms in total. The van der Waals surface area contributed by atoms with Crippen LogP contribution in [0, 0.1) is 11.3 Å². The summed E-state index contributed by atoms with van der Waals surface area (Å²) < 4.78 is 5.64. The fourth-order valence-corrected chi connectivity index (χ4v) is 4.30. The number of hydroxylamine groups is 2. The van der Waals surface area contributed by atoms with Crippen molar-refractivity contribution in [3.63, 3.8) is 0 Å². The molecule has 0 unspecified atom stereocenters. The van der Waals surface area contributed by atoms with Crippen LogP contribution in [0.4, 0.5) is 0 Å². The number of carbonyl (C=O) groups is 1. The van der Waals surface area contributed by atoms with E-state index < -0.39 is 5.41 Å². The molecule has 1 aromatic rings. The van der Waals surface area contributed by atoms with Gasteiger partial charge in [-0.2, -0.15) is 0 Å². The van der Waals surface area contributed by atoms with Gasteiger partial charge in [0.05, 0.1) is 38.3 Å². The van der Waals surface area contributed by atoms with Gasteiger partial charge in [0.25, 0.3) is 5.91 Å². The highest BCUT2D eigenvalue weighted by molar-refractivity contribution is 7.09. The van der Waals surface area contributed by atoms with Crippen molar-refractivity contribution in [1.29, 1.82) is 0 Å². The SMILES string of the molecule is O=C(N1CCCO1)[C@]12COC[C@H]1CN(Cc1nccs1)C2. The van der Waals surface area contributed by atoms with Crippen LogP contribution in [0.2, 0.25) is 0 Å². The van der Waals surface area contributed by atoms with Crippen molar-refractivity contribution in [3.05, 3.63) is 16.6 Å². The first kappa shape index (κ1) is 13.6. The fraction of sp³-hybridized carbons (Fsp3) is 0.714. The van der Waals surface area contributed by atoms with Crippen molar-refractivity contribution >= 4 is 17.2 Å². The second kappa shape index (κ2) is 5.31. The average molecular weight is 309 g/mol. The molecule has 0 aromatic carbocycles. The molecule has 3 aliphatic rings. The highest BCUT2D eigenvalue weighted by atomic mass is 32.1. The van der Waals surface area contributed by atoms with Crippen LogP contribution in [0.5, 0.6) is 0 Å². The molecule has 114 valence electrons. The van der Waals surface area contributed by atoms with Gasteiger partial charge < -0.3 is 4.74 Å². The smallest absolute Gasteiger partial charge is 0.256 e. The lowest BCUT2D eigenvalue weighted by atomic mass is 9.80. The third-order valence-corrected chi connectivity index (χ3v) is 5.46. The van der Waals surface area contributed by atoms with Crippen molar-refractivity contribution in [1.82, 2.24) is 14.9 Å². The Labute approximate surface area is 127 Å². The van der Waals surface area contributed by atoms with Gasteiger partial charge in [0, 0.05) is 30.6 Å². The van der Waals surface area contributed by atoms with E-state index in [4.69, 9.17) is 9.57 Å². The maximum atomic E-state index is 12.9. The number of nitrogens with zero attached hydrogens (tertiary/aromatic N) is 3. The Bertz CT molecular complexity index is 518. The van der Waals surface area contributed by atoms with Crippen LogP contribution in [0.1, 0.15) is 11.4 Å². The lowest BCUT2D eigenvalue weighted by molar-refractivity contribution is -0.181. The second-order valence-electron chi connectivity index (χ2n) is 6.06. The standard InChI is InChI=1S/C14H19N3O3S/c18-13(17-3-1-4-20-17)14-9-16(6-11(14)8-19-10-14)7-12-15-2-5-21-12/h2,5,11H,1,3-4,6-10H2/t11-,14-/m1/s1. The molecule has 0 saturated carbocycles. The van der Waals surface area contributed by atoms with E-state index in [1.807, 2.05) is 11.6 Å². The van der Waals surface area contributed by atoms with Gasteiger partial charge in [0.2, 0.25) is 0 Å². The van der Waals surface area contributed by atoms with Crippen molar-refractivity contribution in [3.8, 4) is 0 Å². The molecule has 4 rings (SSSR count). The zero-order valence-electron chi connectivity index (χ0n) is 11.9. The number of likely N-dealkylation sites (tertiary alicyclic amines) is 1. The Morgan fingerprint density at radius 2 is 2.52 bits per heavy atom. The molecular weight excluding hydrogens is 290 g/mol. The molecule has 0 aliphatic carbocycles. The molecule has 3 fully saturated rings. The number of hydrogen-bond donors (Lipinski definition) is 0. The Balaban J connectivity index is 1.51. The van der Waals surface area contributed by atoms with Crippen LogP contribution in [0.15, 0.2) is 11.6 Å². The average Bonchev–Trinajstić information content (AvgIpc) is 3.23. The topological polar surface area (TPSA) is 54.9 Å². The number of thiazole rings is 1. The summed E-state index contributed by atoms with van der Waals surface area (Å²) in [6.45, 7) is 5.02. The summed E-state index contributed by atoms with van der Waals surface area (Å²) in [5, 5.41) is 4.67. The van der Waals surface area contributed by atoms with E-state index in [0.29, 0.717) is 26.4 Å². The fourth-order valence-electron chi connectivity index (χ4n) is 3.64. The lowest BCUT2D eigenvalue weighted by Gasteiger charge is -2.29. The molecule has 0 radical (unpaired) electrons. The molecule has 1 amide bonds. The summed E-state index contributed by atoms with van der Waals surface area (Å²) in [6, 6.07) is 0. The quantitative estimate of drug-likeness (QED) is 0.825. The maximum Gasteiger partial charge on any atom is 0.256 e. The second-order valence-corrected chi connectivity index (χ2v) is 7.04. The van der Waals surface area contributed by atoms with Crippen molar-refractivity contribution < 1.29 is 14.4 Å². The van der Waals surface area contributed by atoms with E-state index in [1.165, 1.54) is 0 Å². The highest BCUT2D eigenvalue weighted by Crippen LogP contribution is 2.43. The van der Waals surface area contributed by atoms with Gasteiger partial charge in [-0.05, 0) is 6.42 Å². The van der Waals surface area contributed by atoms with Crippen molar-refractivity contribution in [2.24, 2.45) is 11.3 Å². The van der Waals surface area contributed by atoms with Gasteiger partial charge in [0.15, 0.2) is 0 Å². The minimum Gasteiger partial charge on any atom is -0.380 e. The first-order valence-corrected chi connectivity index (χ1v) is 8.29. The third kappa shape index (κ3) is 2.28. The van der Waals surface area contributed by atoms with Gasteiger partial charge in [0.1, 0.15) is 5.01 Å². The van der Waals surface area contributed by atoms with Crippen LogP contribution in [-0.2, 0) is 20.9 Å². The Morgan fingerprint density at radius 3 is 3.29 bits per heavy atom. The van der Waals surface area contributed by atoms with Gasteiger partial charge in [-0.1, -0.05) is 0 Å². The first-order valence-electron chi connectivity index (χ1n) is 7.41. The van der Waals surface area contributed by atoms with Crippen molar-refractivity contribution in [2.75, 3.05) is 39.5 Å². The number of ether oxygens (including phenoxy) is 1.